The molecule has 0 radical (unpaired) electrons. The van der Waals surface area contributed by atoms with E-state index in [2.05, 4.69) is 73.4 Å². The average Bonchev–Trinajstić information content (AvgIpc) is 3.35. The average molecular weight is 404 g/mol. The van der Waals surface area contributed by atoms with Crippen LogP contribution in [0.2, 0.25) is 0 Å². The summed E-state index contributed by atoms with van der Waals surface area (Å²) in [6.07, 6.45) is 15.7. The van der Waals surface area contributed by atoms with Crippen molar-refractivity contribution in [3.63, 3.8) is 0 Å². The van der Waals surface area contributed by atoms with Crippen molar-refractivity contribution in [3.05, 3.63) is 65.3 Å². The number of rotatable bonds is 3. The lowest BCUT2D eigenvalue weighted by Crippen LogP contribution is -2.50. The molecule has 158 valence electrons. The highest BCUT2D eigenvalue weighted by Gasteiger charge is 2.52. The molecule has 3 aliphatic carbocycles. The van der Waals surface area contributed by atoms with E-state index >= 15 is 0 Å². The number of piperidine rings is 1. The summed E-state index contributed by atoms with van der Waals surface area (Å²) >= 11 is 0. The van der Waals surface area contributed by atoms with Gasteiger partial charge in [-0.3, -0.25) is 9.69 Å². The van der Waals surface area contributed by atoms with Crippen molar-refractivity contribution in [1.82, 2.24) is 4.90 Å². The van der Waals surface area contributed by atoms with Crippen LogP contribution in [0, 0.1) is 17.3 Å². The van der Waals surface area contributed by atoms with E-state index in [0.717, 1.165) is 50.8 Å². The Bertz CT molecular complexity index is 944. The maximum absolute atomic E-state index is 12.5. The summed E-state index contributed by atoms with van der Waals surface area (Å²) in [6, 6.07) is 9.20. The van der Waals surface area contributed by atoms with Crippen molar-refractivity contribution in [1.29, 1.82) is 0 Å². The zero-order valence-corrected chi connectivity index (χ0v) is 18.2. The monoisotopic (exact) mass is 403 g/mol. The molecule has 1 spiro atoms. The van der Waals surface area contributed by atoms with Gasteiger partial charge in [0.1, 0.15) is 0 Å². The Morgan fingerprint density at radius 3 is 2.80 bits per heavy atom. The molecule has 1 saturated carbocycles. The quantitative estimate of drug-likeness (QED) is 0.731. The summed E-state index contributed by atoms with van der Waals surface area (Å²) in [7, 11) is 0. The van der Waals surface area contributed by atoms with Crippen molar-refractivity contribution in [2.75, 3.05) is 13.1 Å². The highest BCUT2D eigenvalue weighted by Crippen LogP contribution is 2.52. The summed E-state index contributed by atoms with van der Waals surface area (Å²) in [4.78, 5) is 15.1. The normalized spacial score (nSPS) is 38.1. The Hall–Kier alpha value is -2.13. The van der Waals surface area contributed by atoms with Gasteiger partial charge in [-0.15, -0.1) is 0 Å². The number of aliphatic carboxylic acids is 1. The van der Waals surface area contributed by atoms with E-state index in [1.807, 2.05) is 0 Å². The molecule has 0 amide bonds. The minimum Gasteiger partial charge on any atom is -0.481 e. The van der Waals surface area contributed by atoms with Gasteiger partial charge in [0, 0.05) is 18.0 Å². The number of benzene rings is 1. The van der Waals surface area contributed by atoms with Crippen LogP contribution in [0.3, 0.4) is 0 Å². The molecule has 3 nitrogen and oxygen atoms in total. The standard InChI is InChI=1S/C27H33NO2/c1-19-7-3-5-9-23(19)27(25(29)30)14-12-22(17-27)28-16-15-26(20(2)18-28)13-11-21-8-4-6-10-24(21)26/h3-6,8-11,13,19-20,22H,7,12,14-18H2,1-2H3,(H,29,30)/t19?,20-,22?,26-,27?/m0/s1. The molecule has 0 bridgehead atoms. The molecule has 3 unspecified atom stereocenters. The van der Waals surface area contributed by atoms with Crippen LogP contribution in [0.15, 0.2) is 54.1 Å². The van der Waals surface area contributed by atoms with Crippen molar-refractivity contribution < 1.29 is 9.90 Å². The molecule has 1 heterocycles. The van der Waals surface area contributed by atoms with E-state index in [1.165, 1.54) is 11.1 Å². The Kier molecular flexibility index (Phi) is 4.77. The molecular weight excluding hydrogens is 370 g/mol. The van der Waals surface area contributed by atoms with Crippen molar-refractivity contribution >= 4 is 12.0 Å². The van der Waals surface area contributed by atoms with Gasteiger partial charge in [0.25, 0.3) is 0 Å². The highest BCUT2D eigenvalue weighted by molar-refractivity contribution is 5.79. The van der Waals surface area contributed by atoms with Crippen LogP contribution >= 0.6 is 0 Å². The fraction of sp³-hybridized carbons (Fsp3) is 0.519. The fourth-order valence-electron chi connectivity index (χ4n) is 6.84. The second-order valence-electron chi connectivity index (χ2n) is 10.1. The van der Waals surface area contributed by atoms with Gasteiger partial charge in [-0.05, 0) is 67.2 Å². The Balaban J connectivity index is 1.35. The molecule has 2 fully saturated rings. The van der Waals surface area contributed by atoms with E-state index in [4.69, 9.17) is 0 Å². The van der Waals surface area contributed by atoms with E-state index in [9.17, 15) is 9.90 Å². The number of likely N-dealkylation sites (tertiary alicyclic amines) is 1. The first kappa shape index (κ1) is 19.8. The van der Waals surface area contributed by atoms with Crippen molar-refractivity contribution in [2.45, 2.75) is 57.4 Å². The lowest BCUT2D eigenvalue weighted by atomic mass is 9.67. The third-order valence-electron chi connectivity index (χ3n) is 8.62. The van der Waals surface area contributed by atoms with Gasteiger partial charge >= 0.3 is 5.97 Å². The molecule has 1 aromatic carbocycles. The number of carbonyl (C=O) groups is 1. The smallest absolute Gasteiger partial charge is 0.313 e. The molecule has 5 rings (SSSR count). The molecule has 1 aliphatic heterocycles. The topological polar surface area (TPSA) is 40.5 Å². The van der Waals surface area contributed by atoms with Crippen molar-refractivity contribution in [3.8, 4) is 0 Å². The summed E-state index contributed by atoms with van der Waals surface area (Å²) in [5.74, 6) is 0.239. The third kappa shape index (κ3) is 2.85. The molecule has 3 heteroatoms. The lowest BCUT2D eigenvalue weighted by molar-refractivity contribution is -0.147. The lowest BCUT2D eigenvalue weighted by Gasteiger charge is -2.47. The van der Waals surface area contributed by atoms with Gasteiger partial charge in [0.05, 0.1) is 5.41 Å². The molecule has 1 saturated heterocycles. The SMILES string of the molecule is CC1CC=CC=C1C1(C(=O)O)CCC(N2CC[C@@]3(C=Cc4ccccc43)[C@@H](C)C2)C1. The molecule has 0 aromatic heterocycles. The predicted octanol–water partition coefficient (Wildman–Crippen LogP) is 5.44. The first-order chi connectivity index (χ1) is 14.5. The Labute approximate surface area is 180 Å². The first-order valence-corrected chi connectivity index (χ1v) is 11.6. The van der Waals surface area contributed by atoms with Gasteiger partial charge in [-0.1, -0.05) is 68.5 Å². The van der Waals surface area contributed by atoms with Crippen LogP contribution in [0.25, 0.3) is 6.08 Å². The van der Waals surface area contributed by atoms with Crippen LogP contribution in [0.5, 0.6) is 0 Å². The molecule has 30 heavy (non-hydrogen) atoms. The van der Waals surface area contributed by atoms with E-state index in [1.54, 1.807) is 0 Å². The van der Waals surface area contributed by atoms with E-state index in [0.29, 0.717) is 17.9 Å². The maximum atomic E-state index is 12.5. The van der Waals surface area contributed by atoms with Crippen LogP contribution < -0.4 is 0 Å². The largest absolute Gasteiger partial charge is 0.481 e. The number of carboxylic acids is 1. The van der Waals surface area contributed by atoms with Crippen LogP contribution in [0.4, 0.5) is 0 Å². The van der Waals surface area contributed by atoms with Gasteiger partial charge in [0.2, 0.25) is 0 Å². The molecule has 1 aromatic rings. The summed E-state index contributed by atoms with van der Waals surface area (Å²) in [5, 5.41) is 10.3. The highest BCUT2D eigenvalue weighted by atomic mass is 16.4. The second kappa shape index (κ2) is 7.23. The number of carboxylic acid groups (broad SMARTS) is 1. The second-order valence-corrected chi connectivity index (χ2v) is 10.1. The van der Waals surface area contributed by atoms with Crippen LogP contribution in [-0.2, 0) is 10.2 Å². The van der Waals surface area contributed by atoms with Crippen LogP contribution in [-0.4, -0.2) is 35.1 Å². The third-order valence-corrected chi connectivity index (χ3v) is 8.62. The summed E-state index contributed by atoms with van der Waals surface area (Å²) in [5.41, 5.74) is 3.48. The van der Waals surface area contributed by atoms with Crippen molar-refractivity contribution in [2.24, 2.45) is 17.3 Å². The first-order valence-electron chi connectivity index (χ1n) is 11.6. The predicted molar refractivity (Wildman–Crippen MR) is 121 cm³/mol. The summed E-state index contributed by atoms with van der Waals surface area (Å²) in [6.45, 7) is 6.67. The number of fused-ring (bicyclic) bond motifs is 2. The summed E-state index contributed by atoms with van der Waals surface area (Å²) < 4.78 is 0. The maximum Gasteiger partial charge on any atom is 0.313 e. The van der Waals surface area contributed by atoms with Gasteiger partial charge in [-0.25, -0.2) is 0 Å². The number of hydrogen-bond donors (Lipinski definition) is 1. The number of hydrogen-bond acceptors (Lipinski definition) is 2. The molecule has 4 aliphatic rings. The van der Waals surface area contributed by atoms with E-state index in [-0.39, 0.29) is 5.41 Å². The zero-order chi connectivity index (χ0) is 20.9. The molecule has 1 N–H and O–H groups in total. The Morgan fingerprint density at radius 1 is 1.20 bits per heavy atom. The molecular formula is C27H33NO2. The minimum absolute atomic E-state index is 0.154. The van der Waals surface area contributed by atoms with Gasteiger partial charge < -0.3 is 5.11 Å². The number of nitrogens with zero attached hydrogens (tertiary/aromatic N) is 1. The fourth-order valence-corrected chi connectivity index (χ4v) is 6.84. The van der Waals surface area contributed by atoms with E-state index < -0.39 is 11.4 Å². The zero-order valence-electron chi connectivity index (χ0n) is 18.2. The Morgan fingerprint density at radius 2 is 2.03 bits per heavy atom. The van der Waals surface area contributed by atoms with Gasteiger partial charge in [-0.2, -0.15) is 0 Å². The molecule has 5 atom stereocenters. The van der Waals surface area contributed by atoms with Crippen LogP contribution in [0.1, 0.15) is 57.1 Å². The van der Waals surface area contributed by atoms with Gasteiger partial charge in [0.15, 0.2) is 0 Å². The minimum atomic E-state index is -0.674. The number of allylic oxidation sites excluding steroid dienone is 4.